The lowest BCUT2D eigenvalue weighted by molar-refractivity contribution is 0.808. The van der Waals surface area contributed by atoms with Crippen LogP contribution in [0.5, 0.6) is 0 Å². The van der Waals surface area contributed by atoms with Crippen molar-refractivity contribution in [1.82, 2.24) is 4.98 Å². The van der Waals surface area contributed by atoms with Gasteiger partial charge in [0.05, 0.1) is 0 Å². The maximum atomic E-state index is 5.69. The Morgan fingerprint density at radius 3 is 2.73 bits per heavy atom. The van der Waals surface area contributed by atoms with Crippen molar-refractivity contribution >= 4 is 22.6 Å². The van der Waals surface area contributed by atoms with Gasteiger partial charge in [0.2, 0.25) is 0 Å². The molecule has 0 spiro atoms. The molecule has 0 saturated carbocycles. The van der Waals surface area contributed by atoms with E-state index in [1.807, 2.05) is 20.0 Å². The van der Waals surface area contributed by atoms with E-state index in [0.29, 0.717) is 0 Å². The first-order valence-electron chi connectivity index (χ1n) is 3.49. The van der Waals surface area contributed by atoms with Crippen molar-refractivity contribution in [2.75, 3.05) is 0 Å². The summed E-state index contributed by atoms with van der Waals surface area (Å²) in [6.07, 6.45) is 1.83. The van der Waals surface area contributed by atoms with Crippen molar-refractivity contribution in [3.05, 3.63) is 27.1 Å². The summed E-state index contributed by atoms with van der Waals surface area (Å²) in [6.45, 7) is 4.00. The first-order valence-corrected chi connectivity index (χ1v) is 4.56. The highest BCUT2D eigenvalue weighted by Crippen LogP contribution is 2.13. The normalized spacial score (nSPS) is 13.1. The van der Waals surface area contributed by atoms with E-state index in [0.717, 1.165) is 9.26 Å². The third kappa shape index (κ3) is 2.13. The van der Waals surface area contributed by atoms with Gasteiger partial charge in [-0.25, -0.2) is 4.98 Å². The molecule has 1 heterocycles. The SMILES string of the molecule is Cc1cc([C@H](C)N)cnc1I. The molecule has 0 radical (unpaired) electrons. The lowest BCUT2D eigenvalue weighted by Crippen LogP contribution is -2.06. The number of nitrogens with two attached hydrogens (primary N) is 1. The first kappa shape index (κ1) is 8.93. The van der Waals surface area contributed by atoms with Gasteiger partial charge in [-0.2, -0.15) is 0 Å². The third-order valence-corrected chi connectivity index (χ3v) is 2.69. The molecule has 60 valence electrons. The van der Waals surface area contributed by atoms with E-state index >= 15 is 0 Å². The molecule has 0 aromatic carbocycles. The van der Waals surface area contributed by atoms with Crippen LogP contribution in [-0.4, -0.2) is 4.98 Å². The number of hydrogen-bond acceptors (Lipinski definition) is 2. The number of rotatable bonds is 1. The van der Waals surface area contributed by atoms with Crippen LogP contribution in [0.1, 0.15) is 24.1 Å². The van der Waals surface area contributed by atoms with E-state index in [-0.39, 0.29) is 6.04 Å². The Morgan fingerprint density at radius 1 is 1.64 bits per heavy atom. The minimum atomic E-state index is 0.0817. The Morgan fingerprint density at radius 2 is 2.27 bits per heavy atom. The topological polar surface area (TPSA) is 38.9 Å². The molecule has 1 atom stereocenters. The van der Waals surface area contributed by atoms with Crippen LogP contribution in [-0.2, 0) is 0 Å². The molecule has 0 saturated heterocycles. The monoisotopic (exact) mass is 262 g/mol. The number of aryl methyl sites for hydroxylation is 1. The summed E-state index contributed by atoms with van der Waals surface area (Å²) >= 11 is 2.21. The van der Waals surface area contributed by atoms with Crippen LogP contribution in [0.25, 0.3) is 0 Å². The molecule has 11 heavy (non-hydrogen) atoms. The zero-order valence-corrected chi connectivity index (χ0v) is 8.79. The van der Waals surface area contributed by atoms with Gasteiger partial charge in [0.25, 0.3) is 0 Å². The van der Waals surface area contributed by atoms with Crippen molar-refractivity contribution in [2.24, 2.45) is 5.73 Å². The van der Waals surface area contributed by atoms with Crippen molar-refractivity contribution in [2.45, 2.75) is 19.9 Å². The van der Waals surface area contributed by atoms with E-state index in [1.54, 1.807) is 0 Å². The highest BCUT2D eigenvalue weighted by Gasteiger charge is 2.01. The van der Waals surface area contributed by atoms with Gasteiger partial charge in [-0.15, -0.1) is 0 Å². The van der Waals surface area contributed by atoms with Gasteiger partial charge in [-0.1, -0.05) is 6.07 Å². The summed E-state index contributed by atoms with van der Waals surface area (Å²) in [5.41, 5.74) is 7.98. The van der Waals surface area contributed by atoms with E-state index in [4.69, 9.17) is 5.73 Å². The van der Waals surface area contributed by atoms with Crippen molar-refractivity contribution in [1.29, 1.82) is 0 Å². The number of hydrogen-bond donors (Lipinski definition) is 1. The molecule has 0 unspecified atom stereocenters. The highest BCUT2D eigenvalue weighted by molar-refractivity contribution is 14.1. The Bertz CT molecular complexity index is 258. The molecule has 3 heteroatoms. The minimum absolute atomic E-state index is 0.0817. The molecule has 0 aliphatic carbocycles. The van der Waals surface area contributed by atoms with Gasteiger partial charge < -0.3 is 5.73 Å². The second kappa shape index (κ2) is 3.49. The van der Waals surface area contributed by atoms with Crippen LogP contribution in [0.2, 0.25) is 0 Å². The van der Waals surface area contributed by atoms with Gasteiger partial charge in [0.1, 0.15) is 3.70 Å². The molecule has 0 bridgehead atoms. The van der Waals surface area contributed by atoms with Gasteiger partial charge in [-0.05, 0) is 47.6 Å². The lowest BCUT2D eigenvalue weighted by Gasteiger charge is -2.05. The fourth-order valence-electron chi connectivity index (χ4n) is 0.829. The number of pyridine rings is 1. The molecule has 0 fully saturated rings. The quantitative estimate of drug-likeness (QED) is 0.621. The van der Waals surface area contributed by atoms with Crippen molar-refractivity contribution in [3.8, 4) is 0 Å². The molecule has 1 aromatic heterocycles. The largest absolute Gasteiger partial charge is 0.324 e. The molecule has 0 aliphatic rings. The van der Waals surface area contributed by atoms with Crippen LogP contribution in [0.4, 0.5) is 0 Å². The van der Waals surface area contributed by atoms with Gasteiger partial charge >= 0.3 is 0 Å². The zero-order chi connectivity index (χ0) is 8.43. The smallest absolute Gasteiger partial charge is 0.104 e. The van der Waals surface area contributed by atoms with Crippen LogP contribution in [0.3, 0.4) is 0 Å². The van der Waals surface area contributed by atoms with Gasteiger partial charge in [0.15, 0.2) is 0 Å². The molecule has 0 amide bonds. The van der Waals surface area contributed by atoms with Crippen LogP contribution < -0.4 is 5.73 Å². The fraction of sp³-hybridized carbons (Fsp3) is 0.375. The predicted octanol–water partition coefficient (Wildman–Crippen LogP) is 2.01. The van der Waals surface area contributed by atoms with Crippen LogP contribution >= 0.6 is 22.6 Å². The molecule has 1 rings (SSSR count). The number of halogens is 1. The molecular weight excluding hydrogens is 251 g/mol. The number of nitrogens with zero attached hydrogens (tertiary/aromatic N) is 1. The Labute approximate surface area is 80.3 Å². The highest BCUT2D eigenvalue weighted by atomic mass is 127. The summed E-state index contributed by atoms with van der Waals surface area (Å²) in [4.78, 5) is 4.21. The predicted molar refractivity (Wildman–Crippen MR) is 54.3 cm³/mol. The van der Waals surface area contributed by atoms with Crippen molar-refractivity contribution in [3.63, 3.8) is 0 Å². The van der Waals surface area contributed by atoms with Crippen molar-refractivity contribution < 1.29 is 0 Å². The van der Waals surface area contributed by atoms with E-state index in [2.05, 4.69) is 33.6 Å². The Kier molecular flexibility index (Phi) is 2.84. The average molecular weight is 262 g/mol. The van der Waals surface area contributed by atoms with E-state index in [9.17, 15) is 0 Å². The Hall–Kier alpha value is -0.160. The standard InChI is InChI=1S/C8H11IN2/c1-5-3-7(6(2)10)4-11-8(5)9/h3-4,6H,10H2,1-2H3/t6-/m0/s1. The summed E-state index contributed by atoms with van der Waals surface area (Å²) in [5, 5.41) is 0. The number of aromatic nitrogens is 1. The molecule has 2 N–H and O–H groups in total. The summed E-state index contributed by atoms with van der Waals surface area (Å²) in [7, 11) is 0. The molecule has 2 nitrogen and oxygen atoms in total. The molecule has 0 aliphatic heterocycles. The minimum Gasteiger partial charge on any atom is -0.324 e. The van der Waals surface area contributed by atoms with E-state index in [1.165, 1.54) is 5.56 Å². The Balaban J connectivity index is 3.05. The van der Waals surface area contributed by atoms with Crippen LogP contribution in [0.15, 0.2) is 12.3 Å². The van der Waals surface area contributed by atoms with E-state index < -0.39 is 0 Å². The van der Waals surface area contributed by atoms with Gasteiger partial charge in [0, 0.05) is 12.2 Å². The maximum Gasteiger partial charge on any atom is 0.104 e. The molecule has 1 aromatic rings. The first-order chi connectivity index (χ1) is 5.11. The second-order valence-corrected chi connectivity index (χ2v) is 3.69. The third-order valence-electron chi connectivity index (χ3n) is 1.56. The second-order valence-electron chi connectivity index (χ2n) is 2.67. The lowest BCUT2D eigenvalue weighted by atomic mass is 10.1. The maximum absolute atomic E-state index is 5.69. The van der Waals surface area contributed by atoms with Gasteiger partial charge in [-0.3, -0.25) is 0 Å². The average Bonchev–Trinajstić information content (AvgIpc) is 1.94. The zero-order valence-electron chi connectivity index (χ0n) is 6.63. The summed E-state index contributed by atoms with van der Waals surface area (Å²) in [5.74, 6) is 0. The fourth-order valence-corrected chi connectivity index (χ4v) is 1.12. The molecular formula is C8H11IN2. The summed E-state index contributed by atoms with van der Waals surface area (Å²) < 4.78 is 1.05. The van der Waals surface area contributed by atoms with Crippen LogP contribution in [0, 0.1) is 10.6 Å². The summed E-state index contributed by atoms with van der Waals surface area (Å²) in [6, 6.07) is 2.16.